The summed E-state index contributed by atoms with van der Waals surface area (Å²) >= 11 is 0. The molecule has 4 saturated carbocycles. The van der Waals surface area contributed by atoms with Gasteiger partial charge in [-0.2, -0.15) is 0 Å². The Kier molecular flexibility index (Phi) is 5.13. The summed E-state index contributed by atoms with van der Waals surface area (Å²) in [6, 6.07) is 6.62. The lowest BCUT2D eigenvalue weighted by Gasteiger charge is -2.55. The van der Waals surface area contributed by atoms with E-state index >= 15 is 0 Å². The fourth-order valence-electron chi connectivity index (χ4n) is 5.93. The molecule has 0 unspecified atom stereocenters. The van der Waals surface area contributed by atoms with E-state index in [2.05, 4.69) is 15.4 Å². The number of amides is 2. The van der Waals surface area contributed by atoms with Crippen LogP contribution in [0.15, 0.2) is 24.3 Å². The maximum atomic E-state index is 12.9. The van der Waals surface area contributed by atoms with Gasteiger partial charge in [0, 0.05) is 24.1 Å². The lowest BCUT2D eigenvalue weighted by molar-refractivity contribution is -0.146. The van der Waals surface area contributed by atoms with E-state index in [0.717, 1.165) is 37.0 Å². The molecule has 0 radical (unpaired) electrons. The van der Waals surface area contributed by atoms with Crippen molar-refractivity contribution in [2.24, 2.45) is 23.2 Å². The summed E-state index contributed by atoms with van der Waals surface area (Å²) in [6.45, 7) is 0.336. The van der Waals surface area contributed by atoms with E-state index < -0.39 is 5.97 Å². The van der Waals surface area contributed by atoms with Gasteiger partial charge in [0.05, 0.1) is 12.7 Å². The number of hydrogen-bond acceptors (Lipinski definition) is 4. The average Bonchev–Trinajstić information content (AvgIpc) is 2.66. The van der Waals surface area contributed by atoms with Crippen LogP contribution in [-0.2, 0) is 14.3 Å². The maximum absolute atomic E-state index is 12.9. The number of nitrogens with one attached hydrogen (secondary N) is 2. The molecule has 6 heteroatoms. The van der Waals surface area contributed by atoms with E-state index in [4.69, 9.17) is 0 Å². The first-order valence-corrected chi connectivity index (χ1v) is 10.2. The highest BCUT2D eigenvalue weighted by Crippen LogP contribution is 2.60. The third-order valence-electron chi connectivity index (χ3n) is 6.72. The molecule has 150 valence electrons. The van der Waals surface area contributed by atoms with E-state index in [9.17, 15) is 14.4 Å². The van der Waals surface area contributed by atoms with Gasteiger partial charge in [-0.3, -0.25) is 9.59 Å². The first kappa shape index (κ1) is 19.0. The molecular formula is C22H28N2O4. The average molecular weight is 384 g/mol. The van der Waals surface area contributed by atoms with Crippen molar-refractivity contribution in [2.75, 3.05) is 19.0 Å². The predicted molar refractivity (Wildman–Crippen MR) is 105 cm³/mol. The largest absolute Gasteiger partial charge is 0.465 e. The van der Waals surface area contributed by atoms with Crippen LogP contribution < -0.4 is 10.6 Å². The van der Waals surface area contributed by atoms with Crippen LogP contribution in [0.25, 0.3) is 0 Å². The zero-order valence-electron chi connectivity index (χ0n) is 16.3. The quantitative estimate of drug-likeness (QED) is 0.738. The Labute approximate surface area is 165 Å². The van der Waals surface area contributed by atoms with Crippen molar-refractivity contribution in [3.63, 3.8) is 0 Å². The lowest BCUT2D eigenvalue weighted by Crippen LogP contribution is -2.53. The summed E-state index contributed by atoms with van der Waals surface area (Å²) in [5.74, 6) is 1.69. The third kappa shape index (κ3) is 3.77. The topological polar surface area (TPSA) is 84.5 Å². The SMILES string of the molecule is COC(=O)c1cccc(NC(=O)CCNC(=O)C23CC4CC(CC(C4)C2)C3)c1. The van der Waals surface area contributed by atoms with Crippen molar-refractivity contribution in [2.45, 2.75) is 44.9 Å². The van der Waals surface area contributed by atoms with Gasteiger partial charge in [0.1, 0.15) is 0 Å². The summed E-state index contributed by atoms with van der Waals surface area (Å²) < 4.78 is 4.69. The van der Waals surface area contributed by atoms with Crippen molar-refractivity contribution < 1.29 is 19.1 Å². The second-order valence-electron chi connectivity index (χ2n) is 8.82. The number of benzene rings is 1. The number of esters is 1. The molecule has 1 aromatic carbocycles. The number of carbonyl (C=O) groups is 3. The molecule has 2 amide bonds. The highest BCUT2D eigenvalue weighted by Gasteiger charge is 2.54. The number of methoxy groups -OCH3 is 1. The van der Waals surface area contributed by atoms with Gasteiger partial charge in [-0.25, -0.2) is 4.79 Å². The monoisotopic (exact) mass is 384 g/mol. The Hall–Kier alpha value is -2.37. The van der Waals surface area contributed by atoms with Gasteiger partial charge >= 0.3 is 5.97 Å². The van der Waals surface area contributed by atoms with Gasteiger partial charge in [-0.1, -0.05) is 6.07 Å². The molecule has 1 aromatic rings. The molecule has 4 bridgehead atoms. The van der Waals surface area contributed by atoms with Crippen LogP contribution in [0.4, 0.5) is 5.69 Å². The molecule has 0 spiro atoms. The van der Waals surface area contributed by atoms with Crippen molar-refractivity contribution in [1.29, 1.82) is 0 Å². The summed E-state index contributed by atoms with van der Waals surface area (Å²) in [6.07, 6.45) is 7.20. The minimum Gasteiger partial charge on any atom is -0.465 e. The van der Waals surface area contributed by atoms with Crippen molar-refractivity contribution in [1.82, 2.24) is 5.32 Å². The van der Waals surface area contributed by atoms with Crippen molar-refractivity contribution in [3.05, 3.63) is 29.8 Å². The summed E-state index contributed by atoms with van der Waals surface area (Å²) in [5.41, 5.74) is 0.746. The summed E-state index contributed by atoms with van der Waals surface area (Å²) in [5, 5.41) is 5.79. The van der Waals surface area contributed by atoms with E-state index in [1.165, 1.54) is 26.4 Å². The summed E-state index contributed by atoms with van der Waals surface area (Å²) in [4.78, 5) is 36.7. The minimum absolute atomic E-state index is 0.145. The van der Waals surface area contributed by atoms with Gasteiger partial charge < -0.3 is 15.4 Å². The molecule has 0 aliphatic heterocycles. The molecular weight excluding hydrogens is 356 g/mol. The normalized spacial score (nSPS) is 30.0. The smallest absolute Gasteiger partial charge is 0.337 e. The molecule has 2 N–H and O–H groups in total. The van der Waals surface area contributed by atoms with Crippen LogP contribution in [0.2, 0.25) is 0 Å². The molecule has 0 saturated heterocycles. The zero-order valence-corrected chi connectivity index (χ0v) is 16.3. The number of anilines is 1. The minimum atomic E-state index is -0.445. The van der Waals surface area contributed by atoms with Gasteiger partial charge in [-0.05, 0) is 74.5 Å². The maximum Gasteiger partial charge on any atom is 0.337 e. The molecule has 0 aromatic heterocycles. The van der Waals surface area contributed by atoms with E-state index in [1.807, 2.05) is 0 Å². The molecule has 4 aliphatic rings. The van der Waals surface area contributed by atoms with Crippen LogP contribution in [0.3, 0.4) is 0 Å². The second kappa shape index (κ2) is 7.57. The number of rotatable bonds is 6. The molecule has 6 nitrogen and oxygen atoms in total. The highest BCUT2D eigenvalue weighted by atomic mass is 16.5. The second-order valence-corrected chi connectivity index (χ2v) is 8.82. The Morgan fingerprint density at radius 1 is 1.07 bits per heavy atom. The molecule has 0 atom stereocenters. The van der Waals surface area contributed by atoms with Crippen LogP contribution in [0, 0.1) is 23.2 Å². The molecule has 5 rings (SSSR count). The van der Waals surface area contributed by atoms with Crippen LogP contribution in [-0.4, -0.2) is 31.4 Å². The number of ether oxygens (including phenoxy) is 1. The van der Waals surface area contributed by atoms with Crippen molar-refractivity contribution in [3.8, 4) is 0 Å². The van der Waals surface area contributed by atoms with E-state index in [1.54, 1.807) is 24.3 Å². The summed E-state index contributed by atoms with van der Waals surface area (Å²) in [7, 11) is 1.32. The Morgan fingerprint density at radius 3 is 2.32 bits per heavy atom. The van der Waals surface area contributed by atoms with E-state index in [-0.39, 0.29) is 23.7 Å². The van der Waals surface area contributed by atoms with Gasteiger partial charge in [0.25, 0.3) is 0 Å². The third-order valence-corrected chi connectivity index (χ3v) is 6.72. The van der Waals surface area contributed by atoms with Crippen LogP contribution in [0.1, 0.15) is 55.3 Å². The Balaban J connectivity index is 1.27. The van der Waals surface area contributed by atoms with Gasteiger partial charge in [-0.15, -0.1) is 0 Å². The predicted octanol–water partition coefficient (Wildman–Crippen LogP) is 3.13. The highest BCUT2D eigenvalue weighted by molar-refractivity contribution is 5.94. The molecule has 0 heterocycles. The van der Waals surface area contributed by atoms with Gasteiger partial charge in [0.2, 0.25) is 11.8 Å². The van der Waals surface area contributed by atoms with Crippen LogP contribution in [0.5, 0.6) is 0 Å². The van der Waals surface area contributed by atoms with Crippen LogP contribution >= 0.6 is 0 Å². The standard InChI is InChI=1S/C22H28N2O4/c1-28-20(26)17-3-2-4-18(10-17)24-19(25)5-6-23-21(27)22-11-14-7-15(12-22)9-16(8-14)13-22/h2-4,10,14-16H,5-9,11-13H2,1H3,(H,23,27)(H,24,25). The fourth-order valence-corrected chi connectivity index (χ4v) is 5.93. The zero-order chi connectivity index (χ0) is 19.7. The molecule has 28 heavy (non-hydrogen) atoms. The fraction of sp³-hybridized carbons (Fsp3) is 0.591. The molecule has 4 fully saturated rings. The van der Waals surface area contributed by atoms with E-state index in [0.29, 0.717) is 17.8 Å². The Morgan fingerprint density at radius 2 is 1.71 bits per heavy atom. The number of hydrogen-bond donors (Lipinski definition) is 2. The van der Waals surface area contributed by atoms with Crippen molar-refractivity contribution >= 4 is 23.5 Å². The number of carbonyl (C=O) groups excluding carboxylic acids is 3. The lowest BCUT2D eigenvalue weighted by atomic mass is 9.49. The molecule has 4 aliphatic carbocycles. The first-order valence-electron chi connectivity index (χ1n) is 10.2. The first-order chi connectivity index (χ1) is 13.5. The Bertz CT molecular complexity index is 753. The van der Waals surface area contributed by atoms with Gasteiger partial charge in [0.15, 0.2) is 0 Å².